The number of nitrogens with one attached hydrogen (secondary N) is 1. The first-order valence-corrected chi connectivity index (χ1v) is 8.59. The van der Waals surface area contributed by atoms with Gasteiger partial charge in [0.25, 0.3) is 0 Å². The molecule has 0 aliphatic rings. The third-order valence-electron chi connectivity index (χ3n) is 3.14. The Labute approximate surface area is 124 Å². The Morgan fingerprint density at radius 3 is 2.52 bits per heavy atom. The molecule has 0 spiro atoms. The minimum absolute atomic E-state index is 0.0558. The molecule has 0 fully saturated rings. The zero-order valence-electron chi connectivity index (χ0n) is 12.3. The Kier molecular flexibility index (Phi) is 4.69. The Bertz CT molecular complexity index is 694. The first-order chi connectivity index (χ1) is 9.91. The van der Waals surface area contributed by atoms with Crippen LogP contribution in [0.3, 0.4) is 0 Å². The second-order valence-electron chi connectivity index (χ2n) is 4.89. The number of hydrogen-bond acceptors (Lipinski definition) is 6. The Balaban J connectivity index is 2.18. The highest BCUT2D eigenvalue weighted by Crippen LogP contribution is 2.13. The van der Waals surface area contributed by atoms with Crippen LogP contribution < -0.4 is 5.32 Å². The molecule has 8 heteroatoms. The monoisotopic (exact) mass is 309 g/mol. The van der Waals surface area contributed by atoms with Gasteiger partial charge in [0.2, 0.25) is 0 Å². The Hall–Kier alpha value is -1.80. The van der Waals surface area contributed by atoms with Crippen molar-refractivity contribution in [3.05, 3.63) is 35.7 Å². The Morgan fingerprint density at radius 1 is 1.29 bits per heavy atom. The molecule has 1 aromatic heterocycles. The highest BCUT2D eigenvalue weighted by molar-refractivity contribution is 7.90. The van der Waals surface area contributed by atoms with Crippen molar-refractivity contribution < 1.29 is 8.42 Å². The minimum Gasteiger partial charge on any atom is -0.308 e. The van der Waals surface area contributed by atoms with Crippen LogP contribution in [0, 0.1) is 0 Å². The van der Waals surface area contributed by atoms with E-state index in [9.17, 15) is 8.42 Å². The fourth-order valence-corrected chi connectivity index (χ4v) is 2.68. The predicted molar refractivity (Wildman–Crippen MR) is 78.6 cm³/mol. The smallest absolute Gasteiger partial charge is 0.175 e. The second-order valence-corrected chi connectivity index (χ2v) is 6.91. The summed E-state index contributed by atoms with van der Waals surface area (Å²) in [7, 11) is -3.17. The number of rotatable bonds is 6. The Morgan fingerprint density at radius 2 is 1.95 bits per heavy atom. The molecule has 1 atom stereocenters. The molecule has 21 heavy (non-hydrogen) atoms. The highest BCUT2D eigenvalue weighted by atomic mass is 32.2. The number of aromatic nitrogens is 4. The summed E-state index contributed by atoms with van der Waals surface area (Å²) < 4.78 is 24.6. The summed E-state index contributed by atoms with van der Waals surface area (Å²) in [6.07, 6.45) is 1.19. The number of sulfone groups is 1. The van der Waals surface area contributed by atoms with Gasteiger partial charge in [-0.15, -0.1) is 5.10 Å². The van der Waals surface area contributed by atoms with Crippen LogP contribution in [0.4, 0.5) is 0 Å². The van der Waals surface area contributed by atoms with Crippen LogP contribution in [0.25, 0.3) is 0 Å². The van der Waals surface area contributed by atoms with E-state index in [0.717, 1.165) is 17.9 Å². The van der Waals surface area contributed by atoms with Crippen LogP contribution in [0.15, 0.2) is 29.2 Å². The van der Waals surface area contributed by atoms with Gasteiger partial charge in [0.15, 0.2) is 15.7 Å². The lowest BCUT2D eigenvalue weighted by Gasteiger charge is -2.12. The maximum atomic E-state index is 11.4. The van der Waals surface area contributed by atoms with Gasteiger partial charge in [-0.05, 0) is 41.6 Å². The van der Waals surface area contributed by atoms with Crippen LogP contribution in [-0.2, 0) is 16.4 Å². The lowest BCUT2D eigenvalue weighted by molar-refractivity contribution is 0.516. The van der Waals surface area contributed by atoms with Crippen LogP contribution in [0.5, 0.6) is 0 Å². The third kappa shape index (κ3) is 3.85. The van der Waals surface area contributed by atoms with Crippen molar-refractivity contribution in [1.82, 2.24) is 25.5 Å². The van der Waals surface area contributed by atoms with Crippen molar-refractivity contribution in [3.8, 4) is 0 Å². The zero-order chi connectivity index (χ0) is 15.5. The number of nitrogens with zero attached hydrogens (tertiary/aromatic N) is 4. The predicted octanol–water partition coefficient (Wildman–Crippen LogP) is 0.795. The van der Waals surface area contributed by atoms with Crippen molar-refractivity contribution in [2.75, 3.05) is 12.8 Å². The van der Waals surface area contributed by atoms with E-state index in [1.807, 2.05) is 13.8 Å². The molecular weight excluding hydrogens is 290 g/mol. The van der Waals surface area contributed by atoms with Crippen molar-refractivity contribution in [2.45, 2.75) is 31.3 Å². The van der Waals surface area contributed by atoms with E-state index >= 15 is 0 Å². The molecule has 1 heterocycles. The van der Waals surface area contributed by atoms with E-state index in [0.29, 0.717) is 11.4 Å². The fraction of sp³-hybridized carbons (Fsp3) is 0.462. The van der Waals surface area contributed by atoms with Crippen LogP contribution in [-0.4, -0.2) is 41.4 Å². The van der Waals surface area contributed by atoms with E-state index in [2.05, 4.69) is 20.8 Å². The molecule has 7 nitrogen and oxygen atoms in total. The summed E-state index contributed by atoms with van der Waals surface area (Å²) in [5.74, 6) is 0.754. The van der Waals surface area contributed by atoms with Gasteiger partial charge in [-0.2, -0.15) is 0 Å². The zero-order valence-corrected chi connectivity index (χ0v) is 13.1. The molecule has 1 unspecified atom stereocenters. The molecule has 1 N–H and O–H groups in total. The minimum atomic E-state index is -3.17. The first kappa shape index (κ1) is 15.6. The highest BCUT2D eigenvalue weighted by Gasteiger charge is 2.14. The molecule has 0 aliphatic carbocycles. The van der Waals surface area contributed by atoms with Crippen molar-refractivity contribution in [1.29, 1.82) is 0 Å². The molecule has 0 saturated heterocycles. The average Bonchev–Trinajstić information content (AvgIpc) is 2.87. The van der Waals surface area contributed by atoms with E-state index in [-0.39, 0.29) is 6.04 Å². The molecule has 1 aromatic carbocycles. The summed E-state index contributed by atoms with van der Waals surface area (Å²) in [6, 6.07) is 6.81. The van der Waals surface area contributed by atoms with Crippen LogP contribution >= 0.6 is 0 Å². The van der Waals surface area contributed by atoms with Gasteiger partial charge in [-0.25, -0.2) is 13.1 Å². The van der Waals surface area contributed by atoms with E-state index < -0.39 is 9.84 Å². The van der Waals surface area contributed by atoms with E-state index in [4.69, 9.17) is 0 Å². The first-order valence-electron chi connectivity index (χ1n) is 6.70. The largest absolute Gasteiger partial charge is 0.308 e. The second kappa shape index (κ2) is 6.31. The quantitative estimate of drug-likeness (QED) is 0.848. The molecule has 0 radical (unpaired) electrons. The SMILES string of the molecule is CCNC(C)c1nnnn1Cc1ccc(S(C)(=O)=O)cc1. The van der Waals surface area contributed by atoms with E-state index in [1.165, 1.54) is 6.26 Å². The lowest BCUT2D eigenvalue weighted by Crippen LogP contribution is -2.22. The lowest BCUT2D eigenvalue weighted by atomic mass is 10.2. The van der Waals surface area contributed by atoms with Crippen LogP contribution in [0.2, 0.25) is 0 Å². The number of tetrazole rings is 1. The summed E-state index contributed by atoms with van der Waals surface area (Å²) in [4.78, 5) is 0.309. The summed E-state index contributed by atoms with van der Waals surface area (Å²) in [6.45, 7) is 5.35. The summed E-state index contributed by atoms with van der Waals surface area (Å²) in [5, 5.41) is 15.0. The van der Waals surface area contributed by atoms with Gasteiger partial charge in [0.1, 0.15) is 0 Å². The molecule has 0 amide bonds. The van der Waals surface area contributed by atoms with Gasteiger partial charge in [0, 0.05) is 6.26 Å². The number of hydrogen-bond donors (Lipinski definition) is 1. The molecule has 2 rings (SSSR count). The number of benzene rings is 1. The molecule has 2 aromatic rings. The molecule has 0 bridgehead atoms. The standard InChI is InChI=1S/C13H19N5O2S/c1-4-14-10(2)13-15-16-17-18(13)9-11-5-7-12(8-6-11)21(3,19)20/h5-8,10,14H,4,9H2,1-3H3. The molecular formula is C13H19N5O2S. The van der Waals surface area contributed by atoms with Gasteiger partial charge in [-0.3, -0.25) is 0 Å². The normalized spacial score (nSPS) is 13.3. The maximum absolute atomic E-state index is 11.4. The van der Waals surface area contributed by atoms with Crippen molar-refractivity contribution in [3.63, 3.8) is 0 Å². The fourth-order valence-electron chi connectivity index (χ4n) is 2.05. The van der Waals surface area contributed by atoms with Crippen LogP contribution in [0.1, 0.15) is 31.3 Å². The summed E-state index contributed by atoms with van der Waals surface area (Å²) >= 11 is 0. The van der Waals surface area contributed by atoms with Gasteiger partial charge in [0.05, 0.1) is 17.5 Å². The maximum Gasteiger partial charge on any atom is 0.175 e. The summed E-state index contributed by atoms with van der Waals surface area (Å²) in [5.41, 5.74) is 0.944. The van der Waals surface area contributed by atoms with Gasteiger partial charge in [-0.1, -0.05) is 19.1 Å². The van der Waals surface area contributed by atoms with E-state index in [1.54, 1.807) is 28.9 Å². The molecule has 0 saturated carbocycles. The average molecular weight is 309 g/mol. The topological polar surface area (TPSA) is 89.8 Å². The van der Waals surface area contributed by atoms with Crippen molar-refractivity contribution >= 4 is 9.84 Å². The third-order valence-corrected chi connectivity index (χ3v) is 4.27. The molecule has 114 valence electrons. The molecule has 0 aliphatic heterocycles. The van der Waals surface area contributed by atoms with Crippen molar-refractivity contribution in [2.24, 2.45) is 0 Å². The van der Waals surface area contributed by atoms with Gasteiger partial charge < -0.3 is 5.32 Å². The van der Waals surface area contributed by atoms with Gasteiger partial charge >= 0.3 is 0 Å².